The van der Waals surface area contributed by atoms with Gasteiger partial charge in [-0.1, -0.05) is 36.4 Å². The number of thioether (sulfide) groups is 1. The van der Waals surface area contributed by atoms with Gasteiger partial charge in [-0.25, -0.2) is 4.79 Å². The molecular formula is C16H17N3O2S. The Hall–Kier alpha value is -2.47. The fourth-order valence-electron chi connectivity index (χ4n) is 2.02. The van der Waals surface area contributed by atoms with Gasteiger partial charge in [0.05, 0.1) is 0 Å². The van der Waals surface area contributed by atoms with Gasteiger partial charge < -0.3 is 11.1 Å². The van der Waals surface area contributed by atoms with Crippen molar-refractivity contribution in [3.8, 4) is 0 Å². The highest BCUT2D eigenvalue weighted by atomic mass is 32.2. The van der Waals surface area contributed by atoms with Crippen molar-refractivity contribution in [1.29, 1.82) is 0 Å². The lowest BCUT2D eigenvalue weighted by Crippen LogP contribution is -2.40. The number of hydrogen-bond acceptors (Lipinski definition) is 4. The van der Waals surface area contributed by atoms with Crippen LogP contribution in [0.15, 0.2) is 59.5 Å². The highest BCUT2D eigenvalue weighted by Crippen LogP contribution is 2.23. The molecule has 0 saturated heterocycles. The Kier molecular flexibility index (Phi) is 5.43. The number of rotatable bonds is 5. The van der Waals surface area contributed by atoms with Gasteiger partial charge in [0.2, 0.25) is 0 Å². The molecule has 4 N–H and O–H groups in total. The lowest BCUT2D eigenvalue weighted by Gasteiger charge is -2.19. The highest BCUT2D eigenvalue weighted by Gasteiger charge is 2.21. The monoisotopic (exact) mass is 315 g/mol. The van der Waals surface area contributed by atoms with Crippen molar-refractivity contribution >= 4 is 29.4 Å². The van der Waals surface area contributed by atoms with Crippen molar-refractivity contribution in [2.75, 3.05) is 11.6 Å². The summed E-state index contributed by atoms with van der Waals surface area (Å²) >= 11 is 1.61. The molecule has 2 rings (SSSR count). The van der Waals surface area contributed by atoms with E-state index in [4.69, 9.17) is 5.73 Å². The molecule has 3 amide bonds. The molecule has 1 unspecified atom stereocenters. The van der Waals surface area contributed by atoms with E-state index < -0.39 is 18.0 Å². The summed E-state index contributed by atoms with van der Waals surface area (Å²) in [4.78, 5) is 24.3. The molecule has 0 aromatic heterocycles. The van der Waals surface area contributed by atoms with Crippen LogP contribution in [0, 0.1) is 0 Å². The molecule has 1 atom stereocenters. The van der Waals surface area contributed by atoms with Crippen molar-refractivity contribution in [3.05, 3.63) is 60.2 Å². The van der Waals surface area contributed by atoms with E-state index in [9.17, 15) is 9.59 Å². The summed E-state index contributed by atoms with van der Waals surface area (Å²) < 4.78 is 0. The van der Waals surface area contributed by atoms with Crippen LogP contribution in [-0.4, -0.2) is 18.2 Å². The average Bonchev–Trinajstić information content (AvgIpc) is 2.53. The molecule has 0 bridgehead atoms. The molecule has 0 spiro atoms. The van der Waals surface area contributed by atoms with E-state index in [0.717, 1.165) is 16.1 Å². The summed E-state index contributed by atoms with van der Waals surface area (Å²) in [5.74, 6) is -0.492. The fourth-order valence-corrected chi connectivity index (χ4v) is 2.48. The zero-order chi connectivity index (χ0) is 15.9. The first-order valence-corrected chi connectivity index (χ1v) is 7.88. The first-order chi connectivity index (χ1) is 10.6. The van der Waals surface area contributed by atoms with Crippen LogP contribution in [-0.2, 0) is 4.79 Å². The minimum Gasteiger partial charge on any atom is -0.370 e. The Labute approximate surface area is 133 Å². The van der Waals surface area contributed by atoms with Crippen molar-refractivity contribution in [3.63, 3.8) is 0 Å². The summed E-state index contributed by atoms with van der Waals surface area (Å²) in [5, 5.41) is 5.26. The molecule has 0 aliphatic heterocycles. The zero-order valence-corrected chi connectivity index (χ0v) is 12.9. The summed E-state index contributed by atoms with van der Waals surface area (Å²) in [5.41, 5.74) is 6.58. The van der Waals surface area contributed by atoms with Crippen LogP contribution in [0.4, 0.5) is 10.5 Å². The van der Waals surface area contributed by atoms with Gasteiger partial charge in [0.1, 0.15) is 6.04 Å². The Morgan fingerprint density at radius 2 is 1.82 bits per heavy atom. The second kappa shape index (κ2) is 7.51. The lowest BCUT2D eigenvalue weighted by molar-refractivity contribution is -0.120. The zero-order valence-electron chi connectivity index (χ0n) is 12.1. The Morgan fingerprint density at radius 1 is 1.09 bits per heavy atom. The standard InChI is InChI=1S/C16H17N3O2S/c1-22-13-9-5-8-12(10-13)18-14(15(20)19-16(17)21)11-6-3-2-4-7-11/h2-10,14,18H,1H3,(H3,17,19,20,21). The largest absolute Gasteiger partial charge is 0.370 e. The smallest absolute Gasteiger partial charge is 0.318 e. The number of anilines is 1. The summed E-state index contributed by atoms with van der Waals surface area (Å²) in [6, 6.07) is 15.3. The van der Waals surface area contributed by atoms with Crippen LogP contribution < -0.4 is 16.4 Å². The number of benzene rings is 2. The first-order valence-electron chi connectivity index (χ1n) is 6.66. The van der Waals surface area contributed by atoms with Gasteiger partial charge in [0, 0.05) is 10.6 Å². The molecule has 0 aliphatic carbocycles. The number of urea groups is 1. The first kappa shape index (κ1) is 15.9. The minimum atomic E-state index is -0.870. The third-order valence-electron chi connectivity index (χ3n) is 3.02. The Bertz CT molecular complexity index is 661. The SMILES string of the molecule is CSc1cccc(NC(C(=O)NC(N)=O)c2ccccc2)c1. The summed E-state index contributed by atoms with van der Waals surface area (Å²) in [6.45, 7) is 0. The van der Waals surface area contributed by atoms with E-state index in [1.165, 1.54) is 0 Å². The van der Waals surface area contributed by atoms with Crippen LogP contribution in [0.3, 0.4) is 0 Å². The molecule has 6 heteroatoms. The number of carbonyl (C=O) groups is 2. The molecule has 0 aliphatic rings. The number of carbonyl (C=O) groups excluding carboxylic acids is 2. The van der Waals surface area contributed by atoms with Crippen LogP contribution >= 0.6 is 11.8 Å². The minimum absolute atomic E-state index is 0.492. The fraction of sp³-hybridized carbons (Fsp3) is 0.125. The van der Waals surface area contributed by atoms with Crippen LogP contribution in [0.1, 0.15) is 11.6 Å². The molecule has 22 heavy (non-hydrogen) atoms. The predicted molar refractivity (Wildman–Crippen MR) is 88.8 cm³/mol. The van der Waals surface area contributed by atoms with Gasteiger partial charge in [-0.05, 0) is 30.0 Å². The van der Waals surface area contributed by atoms with E-state index in [-0.39, 0.29) is 0 Å². The van der Waals surface area contributed by atoms with Crippen molar-refractivity contribution in [2.24, 2.45) is 5.73 Å². The predicted octanol–water partition coefficient (Wildman–Crippen LogP) is 2.76. The van der Waals surface area contributed by atoms with Gasteiger partial charge in [-0.3, -0.25) is 10.1 Å². The average molecular weight is 315 g/mol. The van der Waals surface area contributed by atoms with Gasteiger partial charge in [-0.2, -0.15) is 0 Å². The van der Waals surface area contributed by atoms with E-state index in [0.29, 0.717) is 0 Å². The molecule has 0 radical (unpaired) electrons. The van der Waals surface area contributed by atoms with E-state index >= 15 is 0 Å². The summed E-state index contributed by atoms with van der Waals surface area (Å²) in [6.07, 6.45) is 1.98. The maximum Gasteiger partial charge on any atom is 0.318 e. The third kappa shape index (κ3) is 4.26. The van der Waals surface area contributed by atoms with Crippen molar-refractivity contribution in [2.45, 2.75) is 10.9 Å². The van der Waals surface area contributed by atoms with Crippen molar-refractivity contribution in [1.82, 2.24) is 5.32 Å². The van der Waals surface area contributed by atoms with Crippen LogP contribution in [0.2, 0.25) is 0 Å². The second-order valence-corrected chi connectivity index (χ2v) is 5.45. The number of hydrogen-bond donors (Lipinski definition) is 3. The van der Waals surface area contributed by atoms with Crippen LogP contribution in [0.25, 0.3) is 0 Å². The van der Waals surface area contributed by atoms with Crippen LogP contribution in [0.5, 0.6) is 0 Å². The van der Waals surface area contributed by atoms with Gasteiger partial charge in [-0.15, -0.1) is 11.8 Å². The highest BCUT2D eigenvalue weighted by molar-refractivity contribution is 7.98. The van der Waals surface area contributed by atoms with Gasteiger partial charge >= 0.3 is 6.03 Å². The number of primary amides is 1. The molecular weight excluding hydrogens is 298 g/mol. The normalized spacial score (nSPS) is 11.5. The maximum atomic E-state index is 12.2. The quantitative estimate of drug-likeness (QED) is 0.741. The molecule has 2 aromatic rings. The third-order valence-corrected chi connectivity index (χ3v) is 3.75. The molecule has 2 aromatic carbocycles. The van der Waals surface area contributed by atoms with E-state index in [1.54, 1.807) is 11.8 Å². The van der Waals surface area contributed by atoms with Gasteiger partial charge in [0.15, 0.2) is 0 Å². The lowest BCUT2D eigenvalue weighted by atomic mass is 10.1. The molecule has 5 nitrogen and oxygen atoms in total. The molecule has 0 fully saturated rings. The molecule has 0 heterocycles. The number of imide groups is 1. The second-order valence-electron chi connectivity index (χ2n) is 4.57. The number of nitrogens with one attached hydrogen (secondary N) is 2. The Balaban J connectivity index is 2.28. The topological polar surface area (TPSA) is 84.2 Å². The van der Waals surface area contributed by atoms with E-state index in [2.05, 4.69) is 10.6 Å². The number of nitrogens with two attached hydrogens (primary N) is 1. The number of amides is 3. The Morgan fingerprint density at radius 3 is 2.45 bits per heavy atom. The summed E-state index contributed by atoms with van der Waals surface area (Å²) in [7, 11) is 0. The van der Waals surface area contributed by atoms with Crippen molar-refractivity contribution < 1.29 is 9.59 Å². The van der Waals surface area contributed by atoms with E-state index in [1.807, 2.05) is 60.9 Å². The molecule has 0 saturated carbocycles. The maximum absolute atomic E-state index is 12.2. The molecule has 114 valence electrons. The van der Waals surface area contributed by atoms with Gasteiger partial charge in [0.25, 0.3) is 5.91 Å².